The molecule has 0 aliphatic heterocycles. The standard InChI is InChI=1S/C10H8Cl2FN/c1-2-5-14-6-7-3-4-8(13)10(12)9(7)11/h1,3-4,14H,5-6H2. The number of terminal acetylenes is 1. The van der Waals surface area contributed by atoms with Crippen molar-refractivity contribution in [2.24, 2.45) is 0 Å². The molecule has 1 N–H and O–H groups in total. The van der Waals surface area contributed by atoms with Crippen molar-refractivity contribution in [3.05, 3.63) is 33.6 Å². The molecule has 0 amide bonds. The fraction of sp³-hybridized carbons (Fsp3) is 0.200. The second-order valence-corrected chi connectivity index (χ2v) is 3.40. The molecule has 0 aliphatic rings. The summed E-state index contributed by atoms with van der Waals surface area (Å²) in [4.78, 5) is 0. The average Bonchev–Trinajstić information content (AvgIpc) is 2.18. The molecule has 0 heterocycles. The monoisotopic (exact) mass is 231 g/mol. The van der Waals surface area contributed by atoms with Gasteiger partial charge >= 0.3 is 0 Å². The van der Waals surface area contributed by atoms with Crippen LogP contribution in [0.15, 0.2) is 12.1 Å². The maximum atomic E-state index is 12.9. The van der Waals surface area contributed by atoms with Crippen molar-refractivity contribution in [1.29, 1.82) is 0 Å². The minimum Gasteiger partial charge on any atom is -0.302 e. The molecule has 0 aromatic heterocycles. The van der Waals surface area contributed by atoms with Crippen molar-refractivity contribution in [2.45, 2.75) is 6.54 Å². The van der Waals surface area contributed by atoms with Gasteiger partial charge in [0.1, 0.15) is 5.82 Å². The first-order chi connectivity index (χ1) is 6.66. The third-order valence-corrected chi connectivity index (χ3v) is 2.56. The highest BCUT2D eigenvalue weighted by molar-refractivity contribution is 6.42. The SMILES string of the molecule is C#CCNCc1ccc(F)c(Cl)c1Cl. The van der Waals surface area contributed by atoms with E-state index >= 15 is 0 Å². The lowest BCUT2D eigenvalue weighted by atomic mass is 10.2. The molecule has 14 heavy (non-hydrogen) atoms. The zero-order valence-corrected chi connectivity index (χ0v) is 8.79. The number of nitrogens with one attached hydrogen (secondary N) is 1. The highest BCUT2D eigenvalue weighted by Gasteiger charge is 2.08. The molecule has 1 nitrogen and oxygen atoms in total. The van der Waals surface area contributed by atoms with Crippen LogP contribution in [0.3, 0.4) is 0 Å². The van der Waals surface area contributed by atoms with Gasteiger partial charge in [-0.25, -0.2) is 4.39 Å². The van der Waals surface area contributed by atoms with Gasteiger partial charge in [-0.05, 0) is 11.6 Å². The molecule has 0 radical (unpaired) electrons. The van der Waals surface area contributed by atoms with Gasteiger partial charge in [0.2, 0.25) is 0 Å². The van der Waals surface area contributed by atoms with E-state index in [4.69, 9.17) is 29.6 Å². The average molecular weight is 232 g/mol. The largest absolute Gasteiger partial charge is 0.302 e. The van der Waals surface area contributed by atoms with Crippen LogP contribution in [0.4, 0.5) is 4.39 Å². The van der Waals surface area contributed by atoms with Crippen molar-refractivity contribution in [1.82, 2.24) is 5.32 Å². The lowest BCUT2D eigenvalue weighted by Gasteiger charge is -2.06. The van der Waals surface area contributed by atoms with Crippen LogP contribution in [0.1, 0.15) is 5.56 Å². The number of rotatable bonds is 3. The number of halogens is 3. The summed E-state index contributed by atoms with van der Waals surface area (Å²) in [5.41, 5.74) is 0.730. The van der Waals surface area contributed by atoms with E-state index in [0.717, 1.165) is 5.56 Å². The molecular formula is C10H8Cl2FN. The van der Waals surface area contributed by atoms with Gasteiger partial charge in [-0.1, -0.05) is 35.2 Å². The Labute approximate surface area is 92.2 Å². The van der Waals surface area contributed by atoms with Gasteiger partial charge in [-0.2, -0.15) is 0 Å². The highest BCUT2D eigenvalue weighted by Crippen LogP contribution is 2.28. The summed E-state index contributed by atoms with van der Waals surface area (Å²) >= 11 is 11.4. The van der Waals surface area contributed by atoms with Crippen LogP contribution in [0.5, 0.6) is 0 Å². The van der Waals surface area contributed by atoms with Crippen LogP contribution in [0.2, 0.25) is 10.0 Å². The Hall–Kier alpha value is -0.750. The molecule has 0 fully saturated rings. The molecule has 0 aliphatic carbocycles. The van der Waals surface area contributed by atoms with Gasteiger partial charge < -0.3 is 5.32 Å². The van der Waals surface area contributed by atoms with Crippen LogP contribution in [0.25, 0.3) is 0 Å². The zero-order valence-electron chi connectivity index (χ0n) is 7.28. The van der Waals surface area contributed by atoms with Gasteiger partial charge in [0.15, 0.2) is 0 Å². The van der Waals surface area contributed by atoms with Crippen LogP contribution in [-0.4, -0.2) is 6.54 Å². The number of benzene rings is 1. The molecular weight excluding hydrogens is 224 g/mol. The van der Waals surface area contributed by atoms with E-state index in [2.05, 4.69) is 11.2 Å². The first kappa shape index (κ1) is 11.3. The highest BCUT2D eigenvalue weighted by atomic mass is 35.5. The van der Waals surface area contributed by atoms with Crippen molar-refractivity contribution < 1.29 is 4.39 Å². The van der Waals surface area contributed by atoms with E-state index in [0.29, 0.717) is 13.1 Å². The van der Waals surface area contributed by atoms with E-state index in [1.54, 1.807) is 6.07 Å². The fourth-order valence-corrected chi connectivity index (χ4v) is 1.38. The van der Waals surface area contributed by atoms with E-state index in [9.17, 15) is 4.39 Å². The second kappa shape index (κ2) is 5.21. The first-order valence-electron chi connectivity index (χ1n) is 3.93. The van der Waals surface area contributed by atoms with Crippen LogP contribution >= 0.6 is 23.2 Å². The molecule has 0 atom stereocenters. The predicted molar refractivity (Wildman–Crippen MR) is 57.0 cm³/mol. The summed E-state index contributed by atoms with van der Waals surface area (Å²) in [7, 11) is 0. The third kappa shape index (κ3) is 2.62. The summed E-state index contributed by atoms with van der Waals surface area (Å²) < 4.78 is 12.9. The Morgan fingerprint density at radius 3 is 2.71 bits per heavy atom. The molecule has 0 saturated carbocycles. The van der Waals surface area contributed by atoms with Gasteiger partial charge in [0, 0.05) is 6.54 Å². The number of hydrogen-bond donors (Lipinski definition) is 1. The van der Waals surface area contributed by atoms with Crippen LogP contribution in [0, 0.1) is 18.2 Å². The van der Waals surface area contributed by atoms with Crippen LogP contribution in [-0.2, 0) is 6.54 Å². The Bertz CT molecular complexity index is 371. The van der Waals surface area contributed by atoms with Crippen molar-refractivity contribution in [2.75, 3.05) is 6.54 Å². The Morgan fingerprint density at radius 2 is 2.07 bits per heavy atom. The van der Waals surface area contributed by atoms with Crippen LogP contribution < -0.4 is 5.32 Å². The fourth-order valence-electron chi connectivity index (χ4n) is 0.972. The Morgan fingerprint density at radius 1 is 1.36 bits per heavy atom. The molecule has 74 valence electrons. The predicted octanol–water partition coefficient (Wildman–Crippen LogP) is 2.86. The third-order valence-electron chi connectivity index (χ3n) is 1.66. The molecule has 0 bridgehead atoms. The van der Waals surface area contributed by atoms with Crippen molar-refractivity contribution >= 4 is 23.2 Å². The Balaban J connectivity index is 2.79. The first-order valence-corrected chi connectivity index (χ1v) is 4.69. The molecule has 0 unspecified atom stereocenters. The summed E-state index contributed by atoms with van der Waals surface area (Å²) in [6.07, 6.45) is 5.05. The van der Waals surface area contributed by atoms with E-state index in [1.807, 2.05) is 0 Å². The Kier molecular flexibility index (Phi) is 4.21. The smallest absolute Gasteiger partial charge is 0.143 e. The lowest BCUT2D eigenvalue weighted by molar-refractivity contribution is 0.626. The lowest BCUT2D eigenvalue weighted by Crippen LogP contribution is -2.13. The van der Waals surface area contributed by atoms with Gasteiger partial charge in [-0.15, -0.1) is 6.42 Å². The minimum atomic E-state index is -0.516. The summed E-state index contributed by atoms with van der Waals surface area (Å²) in [5, 5.41) is 3.12. The quantitative estimate of drug-likeness (QED) is 0.480. The normalized spacial score (nSPS) is 9.86. The summed E-state index contributed by atoms with van der Waals surface area (Å²) in [5.74, 6) is 1.91. The van der Waals surface area contributed by atoms with E-state index in [-0.39, 0.29) is 10.0 Å². The maximum Gasteiger partial charge on any atom is 0.143 e. The molecule has 0 spiro atoms. The molecule has 1 rings (SSSR count). The molecule has 4 heteroatoms. The topological polar surface area (TPSA) is 12.0 Å². The van der Waals surface area contributed by atoms with Crippen molar-refractivity contribution in [3.63, 3.8) is 0 Å². The van der Waals surface area contributed by atoms with Gasteiger partial charge in [0.25, 0.3) is 0 Å². The maximum absolute atomic E-state index is 12.9. The van der Waals surface area contributed by atoms with Gasteiger partial charge in [-0.3, -0.25) is 0 Å². The molecule has 0 saturated heterocycles. The summed E-state index contributed by atoms with van der Waals surface area (Å²) in [6, 6.07) is 2.86. The molecule has 1 aromatic carbocycles. The zero-order chi connectivity index (χ0) is 10.6. The van der Waals surface area contributed by atoms with Crippen molar-refractivity contribution in [3.8, 4) is 12.3 Å². The molecule has 1 aromatic rings. The second-order valence-electron chi connectivity index (χ2n) is 2.64. The summed E-state index contributed by atoms with van der Waals surface area (Å²) in [6.45, 7) is 0.911. The number of hydrogen-bond acceptors (Lipinski definition) is 1. The van der Waals surface area contributed by atoms with E-state index in [1.165, 1.54) is 6.07 Å². The van der Waals surface area contributed by atoms with Gasteiger partial charge in [0.05, 0.1) is 16.6 Å². The van der Waals surface area contributed by atoms with E-state index < -0.39 is 5.82 Å². The minimum absolute atomic E-state index is 0.0494.